The molecule has 0 aromatic rings. The third-order valence-corrected chi connectivity index (χ3v) is 14.5. The lowest BCUT2D eigenvalue weighted by molar-refractivity contribution is -0.291. The van der Waals surface area contributed by atoms with E-state index >= 15 is 0 Å². The van der Waals surface area contributed by atoms with Gasteiger partial charge >= 0.3 is 5.97 Å². The van der Waals surface area contributed by atoms with Gasteiger partial charge in [-0.25, -0.2) is 0 Å². The van der Waals surface area contributed by atoms with Gasteiger partial charge in [0.25, 0.3) is 0 Å². The lowest BCUT2D eigenvalue weighted by atomic mass is 9.30. The quantitative estimate of drug-likeness (QED) is 0.478. The normalized spacial score (nSPS) is 62.6. The molecule has 192 valence electrons. The van der Waals surface area contributed by atoms with E-state index in [0.717, 1.165) is 44.9 Å². The predicted molar refractivity (Wildman–Crippen MR) is 132 cm³/mol. The highest BCUT2D eigenvalue weighted by Crippen LogP contribution is 2.78. The van der Waals surface area contributed by atoms with Crippen molar-refractivity contribution in [3.63, 3.8) is 0 Å². The summed E-state index contributed by atoms with van der Waals surface area (Å²) in [5.74, 6) is 2.58. The Morgan fingerprint density at radius 3 is 2.24 bits per heavy atom. The molecule has 0 aromatic carbocycles. The molecule has 4 heteroatoms. The van der Waals surface area contributed by atoms with Crippen molar-refractivity contribution < 1.29 is 19.7 Å². The van der Waals surface area contributed by atoms with E-state index in [1.54, 1.807) is 0 Å². The Labute approximate surface area is 206 Å². The van der Waals surface area contributed by atoms with Crippen LogP contribution in [0.3, 0.4) is 0 Å². The van der Waals surface area contributed by atoms with Crippen LogP contribution in [0.4, 0.5) is 0 Å². The molecule has 7 fully saturated rings. The standard InChI is InChI=1S/C30H48O4/c1-18-23-19-7-8-21-25(2)11-10-22(32)26(3,17-31)20(25)9-12-28(21,5)27(19,4)13-15-30(23)16-14-29(18,6)34-24(30)33/h18-23,31-32H,7-17H2,1-6H3/t18-,19+,20+,21+,22-,23-,25-,26-,27+,28+,29-,30+/m0/s1. The second-order valence-corrected chi connectivity index (χ2v) is 15.1. The maximum absolute atomic E-state index is 13.4. The first kappa shape index (κ1) is 23.8. The van der Waals surface area contributed by atoms with Gasteiger partial charge in [0.15, 0.2) is 0 Å². The monoisotopic (exact) mass is 472 g/mol. The highest BCUT2D eigenvalue weighted by Gasteiger charge is 2.74. The largest absolute Gasteiger partial charge is 0.459 e. The third kappa shape index (κ3) is 2.42. The molecule has 0 unspecified atom stereocenters. The first-order valence-electron chi connectivity index (χ1n) is 14.3. The summed E-state index contributed by atoms with van der Waals surface area (Å²) < 4.78 is 6.14. The van der Waals surface area contributed by atoms with Gasteiger partial charge in [0.1, 0.15) is 5.60 Å². The smallest absolute Gasteiger partial charge is 0.312 e. The van der Waals surface area contributed by atoms with Crippen molar-refractivity contribution in [2.45, 2.75) is 117 Å². The third-order valence-electron chi connectivity index (χ3n) is 14.5. The summed E-state index contributed by atoms with van der Waals surface area (Å²) >= 11 is 0. The van der Waals surface area contributed by atoms with Gasteiger partial charge in [-0.15, -0.1) is 0 Å². The van der Waals surface area contributed by atoms with Gasteiger partial charge in [-0.05, 0) is 117 Å². The van der Waals surface area contributed by atoms with Crippen LogP contribution in [-0.4, -0.2) is 34.5 Å². The number of esters is 1. The van der Waals surface area contributed by atoms with Crippen LogP contribution in [-0.2, 0) is 9.53 Å². The average Bonchev–Trinajstić information content (AvgIpc) is 2.79. The van der Waals surface area contributed by atoms with Crippen molar-refractivity contribution in [2.24, 2.45) is 56.7 Å². The molecule has 2 aliphatic heterocycles. The molecule has 5 aliphatic carbocycles. The molecule has 2 saturated heterocycles. The molecule has 12 atom stereocenters. The number of aliphatic hydroxyl groups is 2. The Bertz CT molecular complexity index is 902. The number of hydrogen-bond acceptors (Lipinski definition) is 4. The van der Waals surface area contributed by atoms with Crippen LogP contribution in [0.15, 0.2) is 0 Å². The summed E-state index contributed by atoms with van der Waals surface area (Å²) in [6.07, 6.45) is 10.4. The van der Waals surface area contributed by atoms with Crippen LogP contribution in [0.5, 0.6) is 0 Å². The van der Waals surface area contributed by atoms with E-state index in [9.17, 15) is 15.0 Å². The maximum atomic E-state index is 13.4. The Kier molecular flexibility index (Phi) is 4.77. The van der Waals surface area contributed by atoms with E-state index in [1.165, 1.54) is 19.3 Å². The van der Waals surface area contributed by atoms with Gasteiger partial charge in [0.05, 0.1) is 18.1 Å². The van der Waals surface area contributed by atoms with Gasteiger partial charge < -0.3 is 14.9 Å². The number of hydrogen-bond donors (Lipinski definition) is 2. The first-order chi connectivity index (χ1) is 15.8. The summed E-state index contributed by atoms with van der Waals surface area (Å²) in [6, 6.07) is 0. The van der Waals surface area contributed by atoms with Crippen LogP contribution in [0.1, 0.15) is 106 Å². The van der Waals surface area contributed by atoms with Crippen molar-refractivity contribution in [3.8, 4) is 0 Å². The molecule has 4 nitrogen and oxygen atoms in total. The molecule has 1 spiro atoms. The number of rotatable bonds is 1. The number of aliphatic hydroxyl groups excluding tert-OH is 2. The zero-order chi connectivity index (χ0) is 24.5. The fraction of sp³-hybridized carbons (Fsp3) is 0.967. The SMILES string of the molecule is C[C@H]1[C@H]2[C@H]3CC[C@@H]4[C@@]5(C)CC[C@H](O)[C@@](C)(CO)[C@@H]5CC[C@@]4(C)[C@]3(C)CC[C@@]23CC[C@]1(C)OC3=O. The maximum Gasteiger partial charge on any atom is 0.312 e. The van der Waals surface area contributed by atoms with E-state index < -0.39 is 11.5 Å². The van der Waals surface area contributed by atoms with E-state index in [0.29, 0.717) is 29.6 Å². The lowest BCUT2D eigenvalue weighted by Crippen LogP contribution is -2.72. The minimum atomic E-state index is -0.396. The summed E-state index contributed by atoms with van der Waals surface area (Å²) in [4.78, 5) is 13.4. The summed E-state index contributed by atoms with van der Waals surface area (Å²) in [5, 5.41) is 21.4. The molecule has 5 saturated carbocycles. The number of fused-ring (bicyclic) bond motifs is 7. The molecule has 34 heavy (non-hydrogen) atoms. The topological polar surface area (TPSA) is 66.8 Å². The van der Waals surface area contributed by atoms with E-state index in [4.69, 9.17) is 4.74 Å². The van der Waals surface area contributed by atoms with Crippen LogP contribution in [0.25, 0.3) is 0 Å². The van der Waals surface area contributed by atoms with E-state index in [-0.39, 0.29) is 39.8 Å². The summed E-state index contributed by atoms with van der Waals surface area (Å²) in [6.45, 7) is 14.5. The van der Waals surface area contributed by atoms with Crippen molar-refractivity contribution in [1.29, 1.82) is 0 Å². The minimum Gasteiger partial charge on any atom is -0.459 e. The van der Waals surface area contributed by atoms with Gasteiger partial charge in [-0.3, -0.25) is 4.79 Å². The molecular weight excluding hydrogens is 424 g/mol. The Morgan fingerprint density at radius 1 is 0.853 bits per heavy atom. The summed E-state index contributed by atoms with van der Waals surface area (Å²) in [7, 11) is 0. The van der Waals surface area contributed by atoms with Crippen LogP contribution < -0.4 is 0 Å². The molecular formula is C30H48O4. The molecule has 7 aliphatic rings. The van der Waals surface area contributed by atoms with E-state index in [2.05, 4.69) is 41.5 Å². The number of carbonyl (C=O) groups is 1. The Morgan fingerprint density at radius 2 is 1.56 bits per heavy atom. The lowest BCUT2D eigenvalue weighted by Gasteiger charge is -2.75. The van der Waals surface area contributed by atoms with Crippen LogP contribution >= 0.6 is 0 Å². The van der Waals surface area contributed by atoms with Crippen molar-refractivity contribution in [2.75, 3.05) is 6.61 Å². The molecule has 0 aromatic heterocycles. The zero-order valence-corrected chi connectivity index (χ0v) is 22.5. The van der Waals surface area contributed by atoms with Gasteiger partial charge in [0.2, 0.25) is 0 Å². The summed E-state index contributed by atoms with van der Waals surface area (Å²) in [5.41, 5.74) is -0.287. The Hall–Kier alpha value is -0.610. The highest BCUT2D eigenvalue weighted by molar-refractivity contribution is 5.80. The average molecular weight is 473 g/mol. The second-order valence-electron chi connectivity index (χ2n) is 15.1. The van der Waals surface area contributed by atoms with Crippen LogP contribution in [0.2, 0.25) is 0 Å². The van der Waals surface area contributed by atoms with Crippen molar-refractivity contribution in [3.05, 3.63) is 0 Å². The highest BCUT2D eigenvalue weighted by atomic mass is 16.6. The molecule has 2 bridgehead atoms. The van der Waals surface area contributed by atoms with Crippen LogP contribution in [0, 0.1) is 56.7 Å². The first-order valence-corrected chi connectivity index (χ1v) is 14.3. The van der Waals surface area contributed by atoms with Crippen molar-refractivity contribution in [1.82, 2.24) is 0 Å². The second kappa shape index (κ2) is 6.82. The van der Waals surface area contributed by atoms with Gasteiger partial charge in [-0.1, -0.05) is 34.6 Å². The predicted octanol–water partition coefficient (Wildman–Crippen LogP) is 5.74. The zero-order valence-electron chi connectivity index (χ0n) is 22.5. The van der Waals surface area contributed by atoms with Gasteiger partial charge in [-0.2, -0.15) is 0 Å². The number of carbonyl (C=O) groups excluding carboxylic acids is 1. The minimum absolute atomic E-state index is 0.0839. The molecule has 2 N–H and O–H groups in total. The van der Waals surface area contributed by atoms with Crippen molar-refractivity contribution >= 4 is 5.97 Å². The fourth-order valence-electron chi connectivity index (χ4n) is 12.1. The number of ether oxygens (including phenoxy) is 1. The van der Waals surface area contributed by atoms with E-state index in [1.807, 2.05) is 0 Å². The molecule has 0 radical (unpaired) electrons. The molecule has 0 amide bonds. The van der Waals surface area contributed by atoms with Gasteiger partial charge in [0, 0.05) is 5.41 Å². The molecule has 2 heterocycles. The molecule has 7 rings (SSSR count). The Balaban J connectivity index is 1.40. The fourth-order valence-corrected chi connectivity index (χ4v) is 12.1.